The van der Waals surface area contributed by atoms with Crippen molar-refractivity contribution in [1.82, 2.24) is 0 Å². The third kappa shape index (κ3) is 3290. The summed E-state index contributed by atoms with van der Waals surface area (Å²) in [6, 6.07) is 0. The van der Waals surface area contributed by atoms with E-state index in [1.54, 1.807) is 0 Å². The zero-order valence-electron chi connectivity index (χ0n) is 4.26. The van der Waals surface area contributed by atoms with E-state index < -0.39 is 9.35 Å². The van der Waals surface area contributed by atoms with Crippen LogP contribution in [0.5, 0.6) is 0 Å². The molecule has 0 aromatic carbocycles. The molecule has 0 radical (unpaired) electrons. The SMILES string of the molecule is CS(C)(C)(=O)O. The lowest BCUT2D eigenvalue weighted by atomic mass is 11.9. The molecule has 6 heavy (non-hydrogen) atoms. The summed E-state index contributed by atoms with van der Waals surface area (Å²) in [6.07, 6.45) is 3.95. The van der Waals surface area contributed by atoms with Crippen LogP contribution in [-0.4, -0.2) is 27.5 Å². The second-order valence-corrected chi connectivity index (χ2v) is 7.04. The van der Waals surface area contributed by atoms with Gasteiger partial charge in [0.15, 0.2) is 0 Å². The van der Waals surface area contributed by atoms with Gasteiger partial charge in [0.2, 0.25) is 0 Å². The summed E-state index contributed by atoms with van der Waals surface area (Å²) in [5, 5.41) is 0. The van der Waals surface area contributed by atoms with E-state index in [0.29, 0.717) is 0 Å². The van der Waals surface area contributed by atoms with Gasteiger partial charge in [-0.3, -0.25) is 0 Å². The van der Waals surface area contributed by atoms with Crippen LogP contribution in [0.25, 0.3) is 0 Å². The summed E-state index contributed by atoms with van der Waals surface area (Å²) in [6.45, 7) is 0. The summed E-state index contributed by atoms with van der Waals surface area (Å²) >= 11 is 0. The van der Waals surface area contributed by atoms with Gasteiger partial charge in [-0.1, -0.05) is 0 Å². The molecule has 0 rings (SSSR count). The molecule has 0 atom stereocenters. The molecule has 0 aromatic heterocycles. The Hall–Kier alpha value is 0.110. The highest BCUT2D eigenvalue weighted by Crippen LogP contribution is 2.01. The number of rotatable bonds is 0. The maximum Gasteiger partial charge on any atom is 0.0223 e. The van der Waals surface area contributed by atoms with Crippen molar-refractivity contribution in [2.75, 3.05) is 18.8 Å². The molecule has 40 valence electrons. The van der Waals surface area contributed by atoms with Crippen LogP contribution in [0.3, 0.4) is 0 Å². The molecule has 0 amide bonds. The smallest absolute Gasteiger partial charge is 0.0223 e. The van der Waals surface area contributed by atoms with Crippen molar-refractivity contribution >= 4 is 9.35 Å². The first-order valence-electron chi connectivity index (χ1n) is 1.57. The molecule has 2 nitrogen and oxygen atoms in total. The predicted molar refractivity (Wildman–Crippen MR) is 28.5 cm³/mol. The lowest BCUT2D eigenvalue weighted by molar-refractivity contribution is 0.535. The average molecular weight is 110 g/mol. The first-order valence-corrected chi connectivity index (χ1v) is 4.72. The van der Waals surface area contributed by atoms with E-state index in [9.17, 15) is 4.21 Å². The van der Waals surface area contributed by atoms with Crippen LogP contribution in [0.1, 0.15) is 0 Å². The molecule has 0 bridgehead atoms. The zero-order chi connectivity index (χ0) is 5.45. The minimum Gasteiger partial charge on any atom is -0.303 e. The van der Waals surface area contributed by atoms with Crippen molar-refractivity contribution in [2.24, 2.45) is 0 Å². The Labute approximate surface area is 37.8 Å². The van der Waals surface area contributed by atoms with Crippen LogP contribution >= 0.6 is 0 Å². The van der Waals surface area contributed by atoms with E-state index in [1.807, 2.05) is 0 Å². The molecular formula is C3H10O2S. The molecular weight excluding hydrogens is 100 g/mol. The van der Waals surface area contributed by atoms with Crippen molar-refractivity contribution in [3.05, 3.63) is 0 Å². The maximum absolute atomic E-state index is 10.3. The normalized spacial score (nSPS) is 19.0. The molecule has 0 spiro atoms. The largest absolute Gasteiger partial charge is 0.303 e. The topological polar surface area (TPSA) is 37.3 Å². The van der Waals surface area contributed by atoms with Crippen molar-refractivity contribution in [3.63, 3.8) is 0 Å². The Morgan fingerprint density at radius 3 is 1.33 bits per heavy atom. The van der Waals surface area contributed by atoms with Gasteiger partial charge in [-0.15, -0.1) is 0 Å². The molecule has 3 heteroatoms. The van der Waals surface area contributed by atoms with Gasteiger partial charge >= 0.3 is 0 Å². The van der Waals surface area contributed by atoms with Crippen molar-refractivity contribution in [3.8, 4) is 0 Å². The third-order valence-corrected chi connectivity index (χ3v) is 0. The average Bonchev–Trinajstić information content (AvgIpc) is 0.650. The maximum atomic E-state index is 10.3. The van der Waals surface area contributed by atoms with Gasteiger partial charge in [-0.05, 0) is 0 Å². The molecule has 0 aliphatic rings. The molecule has 0 heterocycles. The van der Waals surface area contributed by atoms with Gasteiger partial charge in [0, 0.05) is 18.8 Å². The van der Waals surface area contributed by atoms with E-state index in [0.717, 1.165) is 0 Å². The van der Waals surface area contributed by atoms with Crippen LogP contribution in [-0.2, 0) is 9.35 Å². The highest BCUT2D eigenvalue weighted by atomic mass is 32.3. The van der Waals surface area contributed by atoms with Crippen molar-refractivity contribution in [2.45, 2.75) is 0 Å². The fourth-order valence-electron chi connectivity index (χ4n) is 0. The Morgan fingerprint density at radius 1 is 1.33 bits per heavy atom. The third-order valence-electron chi connectivity index (χ3n) is 0. The molecule has 0 aliphatic heterocycles. The lowest BCUT2D eigenvalue weighted by Crippen LogP contribution is -2.24. The Kier molecular flexibility index (Phi) is 0.860. The summed E-state index contributed by atoms with van der Waals surface area (Å²) in [7, 11) is -3.10. The van der Waals surface area contributed by atoms with Crippen LogP contribution < -0.4 is 0 Å². The van der Waals surface area contributed by atoms with E-state index in [2.05, 4.69) is 0 Å². The van der Waals surface area contributed by atoms with Gasteiger partial charge in [0.05, 0.1) is 0 Å². The molecule has 0 saturated heterocycles. The molecule has 0 saturated carbocycles. The van der Waals surface area contributed by atoms with Crippen LogP contribution in [0.2, 0.25) is 0 Å². The lowest BCUT2D eigenvalue weighted by Gasteiger charge is -2.26. The minimum absolute atomic E-state index is 1.32. The highest BCUT2D eigenvalue weighted by Gasteiger charge is 1.99. The van der Waals surface area contributed by atoms with E-state index in [-0.39, 0.29) is 0 Å². The van der Waals surface area contributed by atoms with Gasteiger partial charge in [-0.25, -0.2) is 4.21 Å². The fraction of sp³-hybridized carbons (Fsp3) is 1.00. The van der Waals surface area contributed by atoms with Gasteiger partial charge in [0.25, 0.3) is 0 Å². The highest BCUT2D eigenvalue weighted by molar-refractivity contribution is 8.13. The molecule has 0 aliphatic carbocycles. The Morgan fingerprint density at radius 2 is 1.33 bits per heavy atom. The first-order chi connectivity index (χ1) is 2.24. The molecule has 1 N–H and O–H groups in total. The minimum atomic E-state index is -3.10. The summed E-state index contributed by atoms with van der Waals surface area (Å²) in [5.41, 5.74) is 0. The summed E-state index contributed by atoms with van der Waals surface area (Å²) < 4.78 is 18.9. The predicted octanol–water partition coefficient (Wildman–Crippen LogP) is 0.169. The second kappa shape index (κ2) is 0.845. The van der Waals surface area contributed by atoms with Crippen LogP contribution in [0.15, 0.2) is 0 Å². The summed E-state index contributed by atoms with van der Waals surface area (Å²) in [4.78, 5) is 0. The van der Waals surface area contributed by atoms with Gasteiger partial charge in [-0.2, -0.15) is 9.35 Å². The van der Waals surface area contributed by atoms with Crippen LogP contribution in [0, 0.1) is 0 Å². The number of hydrogen-bond acceptors (Lipinski definition) is 1. The first kappa shape index (κ1) is 6.11. The zero-order valence-corrected chi connectivity index (χ0v) is 5.08. The van der Waals surface area contributed by atoms with Crippen molar-refractivity contribution in [1.29, 1.82) is 0 Å². The van der Waals surface area contributed by atoms with E-state index >= 15 is 0 Å². The summed E-state index contributed by atoms with van der Waals surface area (Å²) in [5.74, 6) is 0. The molecule has 0 fully saturated rings. The Bertz CT molecular complexity index is 86.5. The van der Waals surface area contributed by atoms with E-state index in [1.165, 1.54) is 18.8 Å². The van der Waals surface area contributed by atoms with Crippen LogP contribution in [0.4, 0.5) is 0 Å². The molecule has 0 aromatic rings. The van der Waals surface area contributed by atoms with E-state index in [4.69, 9.17) is 4.55 Å². The monoisotopic (exact) mass is 110 g/mol. The standard InChI is InChI=1S/C3H10O2S/c1-6(2,3,4)5/h1-3H3,(H,4,5). The molecule has 0 unspecified atom stereocenters. The number of hydrogen-bond donors (Lipinski definition) is 1. The van der Waals surface area contributed by atoms with Gasteiger partial charge in [0.1, 0.15) is 0 Å². The second-order valence-electron chi connectivity index (χ2n) is 2.35. The Balaban J connectivity index is 4.16. The van der Waals surface area contributed by atoms with Crippen molar-refractivity contribution < 1.29 is 8.76 Å². The quantitative estimate of drug-likeness (QED) is 0.482. The van der Waals surface area contributed by atoms with Gasteiger partial charge < -0.3 is 4.55 Å². The fourth-order valence-corrected chi connectivity index (χ4v) is 0.